The van der Waals surface area contributed by atoms with Gasteiger partial charge in [0.1, 0.15) is 6.33 Å². The van der Waals surface area contributed by atoms with Gasteiger partial charge in [0.15, 0.2) is 5.82 Å². The van der Waals surface area contributed by atoms with Gasteiger partial charge in [-0.1, -0.05) is 12.1 Å². The Morgan fingerprint density at radius 1 is 1.24 bits per heavy atom. The van der Waals surface area contributed by atoms with Crippen molar-refractivity contribution in [3.63, 3.8) is 0 Å². The first-order chi connectivity index (χ1) is 10.3. The van der Waals surface area contributed by atoms with Crippen molar-refractivity contribution >= 4 is 22.7 Å². The van der Waals surface area contributed by atoms with Gasteiger partial charge in [0, 0.05) is 42.2 Å². The van der Waals surface area contributed by atoms with Crippen LogP contribution in [0.3, 0.4) is 0 Å². The Morgan fingerprint density at radius 2 is 2.10 bits per heavy atom. The molecular formula is C15H18N4S2. The third-order valence-electron chi connectivity index (χ3n) is 3.26. The number of hydrogen-bond acceptors (Lipinski definition) is 5. The molecule has 21 heavy (non-hydrogen) atoms. The number of aromatic nitrogens is 3. The van der Waals surface area contributed by atoms with Crippen molar-refractivity contribution in [2.45, 2.75) is 18.9 Å². The first-order valence-electron chi connectivity index (χ1n) is 6.95. The highest BCUT2D eigenvalue weighted by Gasteiger charge is 2.13. The van der Waals surface area contributed by atoms with E-state index in [1.165, 1.54) is 9.75 Å². The topological polar surface area (TPSA) is 42.7 Å². The summed E-state index contributed by atoms with van der Waals surface area (Å²) in [5.74, 6) is 0.894. The van der Waals surface area contributed by atoms with Gasteiger partial charge < -0.3 is 5.32 Å². The van der Waals surface area contributed by atoms with Crippen LogP contribution >= 0.6 is 22.7 Å². The van der Waals surface area contributed by atoms with E-state index < -0.39 is 0 Å². The standard InChI is InChI=1S/C15H18N4S2/c1-19-11-17-15(18-19)6-7-16-13(14-5-3-9-21-14)10-12-4-2-8-20-12/h2-5,8-9,11,13,16H,6-7,10H2,1H3. The predicted molar refractivity (Wildman–Crippen MR) is 87.8 cm³/mol. The molecule has 110 valence electrons. The molecule has 0 aliphatic carbocycles. The van der Waals surface area contributed by atoms with E-state index in [1.807, 2.05) is 29.7 Å². The quantitative estimate of drug-likeness (QED) is 0.728. The molecule has 0 aromatic carbocycles. The Bertz CT molecular complexity index is 643. The highest BCUT2D eigenvalue weighted by molar-refractivity contribution is 7.10. The van der Waals surface area contributed by atoms with E-state index in [2.05, 4.69) is 50.4 Å². The van der Waals surface area contributed by atoms with Crippen LogP contribution in [-0.2, 0) is 19.9 Å². The second-order valence-corrected chi connectivity index (χ2v) is 6.90. The summed E-state index contributed by atoms with van der Waals surface area (Å²) < 4.78 is 1.75. The Hall–Kier alpha value is -1.50. The maximum absolute atomic E-state index is 4.32. The van der Waals surface area contributed by atoms with Crippen molar-refractivity contribution < 1.29 is 0 Å². The molecule has 0 bridgehead atoms. The number of nitrogens with zero attached hydrogens (tertiary/aromatic N) is 3. The van der Waals surface area contributed by atoms with Crippen LogP contribution in [0, 0.1) is 0 Å². The smallest absolute Gasteiger partial charge is 0.151 e. The highest BCUT2D eigenvalue weighted by Crippen LogP contribution is 2.24. The zero-order valence-corrected chi connectivity index (χ0v) is 13.5. The molecule has 0 aliphatic rings. The monoisotopic (exact) mass is 318 g/mol. The van der Waals surface area contributed by atoms with Crippen LogP contribution in [0.1, 0.15) is 21.6 Å². The number of thiophene rings is 2. The SMILES string of the molecule is Cn1cnc(CCNC(Cc2cccs2)c2cccs2)n1. The predicted octanol–water partition coefficient (Wildman–Crippen LogP) is 3.05. The highest BCUT2D eigenvalue weighted by atomic mass is 32.1. The zero-order valence-electron chi connectivity index (χ0n) is 11.9. The maximum Gasteiger partial charge on any atom is 0.151 e. The Labute approximate surface area is 132 Å². The fourth-order valence-corrected chi connectivity index (χ4v) is 3.80. The Morgan fingerprint density at radius 3 is 2.76 bits per heavy atom. The lowest BCUT2D eigenvalue weighted by Crippen LogP contribution is -2.25. The average molecular weight is 318 g/mol. The molecule has 0 amide bonds. The lowest BCUT2D eigenvalue weighted by atomic mass is 10.1. The molecule has 0 saturated heterocycles. The lowest BCUT2D eigenvalue weighted by molar-refractivity contribution is 0.538. The molecule has 0 spiro atoms. The zero-order chi connectivity index (χ0) is 14.5. The summed E-state index contributed by atoms with van der Waals surface area (Å²) in [7, 11) is 1.90. The third-order valence-corrected chi connectivity index (χ3v) is 5.14. The van der Waals surface area contributed by atoms with E-state index in [0.717, 1.165) is 25.2 Å². The molecule has 3 aromatic rings. The number of rotatable bonds is 7. The van der Waals surface area contributed by atoms with Gasteiger partial charge in [-0.3, -0.25) is 4.68 Å². The normalized spacial score (nSPS) is 12.6. The lowest BCUT2D eigenvalue weighted by Gasteiger charge is -2.16. The second kappa shape index (κ2) is 6.98. The van der Waals surface area contributed by atoms with Gasteiger partial charge in [-0.05, 0) is 22.9 Å². The molecule has 1 N–H and O–H groups in total. The molecular weight excluding hydrogens is 300 g/mol. The summed E-state index contributed by atoms with van der Waals surface area (Å²) in [4.78, 5) is 7.07. The maximum atomic E-state index is 4.32. The first-order valence-corrected chi connectivity index (χ1v) is 8.71. The van der Waals surface area contributed by atoms with Crippen molar-refractivity contribution in [3.05, 3.63) is 56.9 Å². The molecule has 0 saturated carbocycles. The fourth-order valence-electron chi connectivity index (χ4n) is 2.25. The molecule has 3 heterocycles. The molecule has 1 unspecified atom stereocenters. The van der Waals surface area contributed by atoms with Crippen molar-refractivity contribution in [1.82, 2.24) is 20.1 Å². The van der Waals surface area contributed by atoms with Gasteiger partial charge in [-0.15, -0.1) is 22.7 Å². The molecule has 0 aliphatic heterocycles. The molecule has 3 rings (SSSR count). The summed E-state index contributed by atoms with van der Waals surface area (Å²) >= 11 is 3.63. The Balaban J connectivity index is 1.59. The first kappa shape index (κ1) is 14.4. The molecule has 0 radical (unpaired) electrons. The van der Waals surface area contributed by atoms with Crippen LogP contribution in [0.4, 0.5) is 0 Å². The number of hydrogen-bond donors (Lipinski definition) is 1. The molecule has 6 heteroatoms. The van der Waals surface area contributed by atoms with Gasteiger partial charge in [-0.25, -0.2) is 4.98 Å². The molecule has 3 aromatic heterocycles. The van der Waals surface area contributed by atoms with Crippen LogP contribution in [0.2, 0.25) is 0 Å². The second-order valence-electron chi connectivity index (χ2n) is 4.89. The van der Waals surface area contributed by atoms with E-state index in [4.69, 9.17) is 0 Å². The van der Waals surface area contributed by atoms with Gasteiger partial charge in [0.2, 0.25) is 0 Å². The minimum Gasteiger partial charge on any atom is -0.308 e. The van der Waals surface area contributed by atoms with Crippen LogP contribution in [0.5, 0.6) is 0 Å². The van der Waals surface area contributed by atoms with Crippen molar-refractivity contribution in [1.29, 1.82) is 0 Å². The van der Waals surface area contributed by atoms with E-state index >= 15 is 0 Å². The van der Waals surface area contributed by atoms with Crippen LogP contribution < -0.4 is 5.32 Å². The van der Waals surface area contributed by atoms with E-state index in [1.54, 1.807) is 11.0 Å². The largest absolute Gasteiger partial charge is 0.308 e. The molecule has 1 atom stereocenters. The van der Waals surface area contributed by atoms with Gasteiger partial charge in [-0.2, -0.15) is 5.10 Å². The van der Waals surface area contributed by atoms with Crippen molar-refractivity contribution in [2.24, 2.45) is 7.05 Å². The summed E-state index contributed by atoms with van der Waals surface area (Å²) in [5, 5.41) is 12.2. The van der Waals surface area contributed by atoms with Crippen molar-refractivity contribution in [2.75, 3.05) is 6.54 Å². The van der Waals surface area contributed by atoms with Gasteiger partial charge >= 0.3 is 0 Å². The van der Waals surface area contributed by atoms with Crippen LogP contribution in [0.15, 0.2) is 41.4 Å². The van der Waals surface area contributed by atoms with Crippen LogP contribution in [0.25, 0.3) is 0 Å². The minimum absolute atomic E-state index is 0.368. The van der Waals surface area contributed by atoms with E-state index in [-0.39, 0.29) is 0 Å². The summed E-state index contributed by atoms with van der Waals surface area (Å²) in [6.07, 6.45) is 3.64. The van der Waals surface area contributed by atoms with Crippen LogP contribution in [-0.4, -0.2) is 21.3 Å². The Kier molecular flexibility index (Phi) is 4.80. The number of aryl methyl sites for hydroxylation is 1. The molecule has 0 fully saturated rings. The van der Waals surface area contributed by atoms with E-state index in [9.17, 15) is 0 Å². The number of nitrogens with one attached hydrogen (secondary N) is 1. The van der Waals surface area contributed by atoms with E-state index in [0.29, 0.717) is 6.04 Å². The summed E-state index contributed by atoms with van der Waals surface area (Å²) in [5.41, 5.74) is 0. The minimum atomic E-state index is 0.368. The molecule has 4 nitrogen and oxygen atoms in total. The fraction of sp³-hybridized carbons (Fsp3) is 0.333. The third kappa shape index (κ3) is 4.00. The summed E-state index contributed by atoms with van der Waals surface area (Å²) in [6, 6.07) is 9.00. The van der Waals surface area contributed by atoms with Gasteiger partial charge in [0.05, 0.1) is 0 Å². The average Bonchev–Trinajstić information content (AvgIpc) is 3.19. The van der Waals surface area contributed by atoms with Crippen molar-refractivity contribution in [3.8, 4) is 0 Å². The van der Waals surface area contributed by atoms with Gasteiger partial charge in [0.25, 0.3) is 0 Å². The summed E-state index contributed by atoms with van der Waals surface area (Å²) in [6.45, 7) is 0.887.